The zero-order valence-corrected chi connectivity index (χ0v) is 16.7. The van der Waals surface area contributed by atoms with Crippen molar-refractivity contribution in [2.75, 3.05) is 0 Å². The predicted octanol–water partition coefficient (Wildman–Crippen LogP) is 6.71. The monoisotopic (exact) mass is 388 g/mol. The van der Waals surface area contributed by atoms with Crippen molar-refractivity contribution in [2.45, 2.75) is 26.4 Å². The molecule has 0 bridgehead atoms. The van der Waals surface area contributed by atoms with Crippen LogP contribution in [0.1, 0.15) is 45.1 Å². The molecule has 0 saturated heterocycles. The molecule has 1 heterocycles. The lowest BCUT2D eigenvalue weighted by Gasteiger charge is -2.13. The van der Waals surface area contributed by atoms with Crippen molar-refractivity contribution in [1.82, 2.24) is 0 Å². The van der Waals surface area contributed by atoms with E-state index in [9.17, 15) is 4.79 Å². The van der Waals surface area contributed by atoms with Crippen LogP contribution in [-0.2, 0) is 4.74 Å². The van der Waals surface area contributed by atoms with E-state index >= 15 is 0 Å². The number of hydrogen-bond donors (Lipinski definition) is 0. The maximum absolute atomic E-state index is 13.3. The largest absolute Gasteiger partial charge is 0.484 e. The number of Topliss-reactive ketones (excluding diaryl/α,β-unsaturated/α-hetero) is 1. The molecule has 4 rings (SSSR count). The quantitative estimate of drug-likeness (QED) is 0.464. The van der Waals surface area contributed by atoms with Crippen LogP contribution in [0.2, 0.25) is 5.02 Å². The van der Waals surface area contributed by atoms with Crippen molar-refractivity contribution < 1.29 is 9.53 Å². The van der Waals surface area contributed by atoms with Gasteiger partial charge in [-0.25, -0.2) is 0 Å². The van der Waals surface area contributed by atoms with E-state index in [1.165, 1.54) is 5.56 Å². The van der Waals surface area contributed by atoms with Crippen LogP contribution in [0, 0.1) is 13.8 Å². The summed E-state index contributed by atoms with van der Waals surface area (Å²) in [5.74, 6) is 0.692. The van der Waals surface area contributed by atoms with Gasteiger partial charge in [-0.05, 0) is 31.5 Å². The molecule has 3 aromatic carbocycles. The minimum Gasteiger partial charge on any atom is -0.484 e. The smallest absolute Gasteiger partial charge is 0.192 e. The average Bonchev–Trinajstić information content (AvgIpc) is 3.14. The fourth-order valence-corrected chi connectivity index (χ4v) is 3.54. The van der Waals surface area contributed by atoms with Crippen molar-refractivity contribution >= 4 is 23.1 Å². The van der Waals surface area contributed by atoms with Gasteiger partial charge in [0.2, 0.25) is 0 Å². The highest BCUT2D eigenvalue weighted by molar-refractivity contribution is 6.30. The molecule has 28 heavy (non-hydrogen) atoms. The zero-order chi connectivity index (χ0) is 19.7. The maximum atomic E-state index is 13.3. The molecule has 0 N–H and O–H groups in total. The molecule has 1 aliphatic rings. The molecule has 1 unspecified atom stereocenters. The molecule has 0 saturated carbocycles. The van der Waals surface area contributed by atoms with Gasteiger partial charge in [0.25, 0.3) is 0 Å². The van der Waals surface area contributed by atoms with E-state index < -0.39 is 0 Å². The lowest BCUT2D eigenvalue weighted by atomic mass is 9.94. The Morgan fingerprint density at radius 1 is 0.857 bits per heavy atom. The SMILES string of the molecule is Cc1ccc(C(=O)C2=C(c3ccc(C)cc3)OC(c3ccc(Cl)cc3)C2)cc1. The van der Waals surface area contributed by atoms with Crippen LogP contribution in [0.3, 0.4) is 0 Å². The Balaban J connectivity index is 1.73. The minimum absolute atomic E-state index is 0.0204. The van der Waals surface area contributed by atoms with Gasteiger partial charge >= 0.3 is 0 Å². The number of benzene rings is 3. The van der Waals surface area contributed by atoms with Crippen molar-refractivity contribution in [3.05, 3.63) is 111 Å². The molecule has 0 fully saturated rings. The van der Waals surface area contributed by atoms with Crippen molar-refractivity contribution in [2.24, 2.45) is 0 Å². The molecule has 0 aliphatic carbocycles. The van der Waals surface area contributed by atoms with Gasteiger partial charge in [0, 0.05) is 28.1 Å². The first-order valence-electron chi connectivity index (χ1n) is 9.35. The Bertz CT molecular complexity index is 1030. The standard InChI is InChI=1S/C25H21ClO2/c1-16-3-7-19(8-4-16)24(27)22-15-23(18-11-13-21(26)14-12-18)28-25(22)20-9-5-17(2)6-10-20/h3-14,23H,15H2,1-2H3. The molecule has 0 radical (unpaired) electrons. The highest BCUT2D eigenvalue weighted by Crippen LogP contribution is 2.42. The number of carbonyl (C=O) groups is 1. The first-order chi connectivity index (χ1) is 13.5. The summed E-state index contributed by atoms with van der Waals surface area (Å²) >= 11 is 6.02. The molecule has 1 aliphatic heterocycles. The third-order valence-corrected chi connectivity index (χ3v) is 5.32. The molecule has 0 amide bonds. The molecule has 0 spiro atoms. The fourth-order valence-electron chi connectivity index (χ4n) is 3.42. The Hall–Kier alpha value is -2.84. The van der Waals surface area contributed by atoms with Crippen LogP contribution in [0.15, 0.2) is 78.4 Å². The highest BCUT2D eigenvalue weighted by Gasteiger charge is 2.32. The van der Waals surface area contributed by atoms with Crippen molar-refractivity contribution in [3.63, 3.8) is 0 Å². The van der Waals surface area contributed by atoms with E-state index in [0.717, 1.165) is 16.7 Å². The number of ether oxygens (including phenoxy) is 1. The van der Waals surface area contributed by atoms with E-state index in [1.807, 2.05) is 86.6 Å². The first-order valence-corrected chi connectivity index (χ1v) is 9.73. The summed E-state index contributed by atoms with van der Waals surface area (Å²) in [6.45, 7) is 4.06. The third kappa shape index (κ3) is 3.74. The van der Waals surface area contributed by atoms with E-state index in [4.69, 9.17) is 16.3 Å². The lowest BCUT2D eigenvalue weighted by Crippen LogP contribution is -2.04. The number of ketones is 1. The highest BCUT2D eigenvalue weighted by atomic mass is 35.5. The summed E-state index contributed by atoms with van der Waals surface area (Å²) in [7, 11) is 0. The molecular weight excluding hydrogens is 368 g/mol. The first kappa shape index (κ1) is 18.5. The number of carbonyl (C=O) groups excluding carboxylic acids is 1. The average molecular weight is 389 g/mol. The van der Waals surface area contributed by atoms with Gasteiger partial charge in [-0.15, -0.1) is 0 Å². The van der Waals surface area contributed by atoms with Crippen LogP contribution in [0.5, 0.6) is 0 Å². The van der Waals surface area contributed by atoms with Crippen LogP contribution in [0.4, 0.5) is 0 Å². The molecule has 0 aromatic heterocycles. The maximum Gasteiger partial charge on any atom is 0.192 e. The zero-order valence-electron chi connectivity index (χ0n) is 15.9. The summed E-state index contributed by atoms with van der Waals surface area (Å²) in [4.78, 5) is 13.3. The number of halogens is 1. The van der Waals surface area contributed by atoms with Gasteiger partial charge in [-0.3, -0.25) is 4.79 Å². The third-order valence-electron chi connectivity index (χ3n) is 5.07. The topological polar surface area (TPSA) is 26.3 Å². The van der Waals surface area contributed by atoms with Gasteiger partial charge in [-0.1, -0.05) is 83.4 Å². The fraction of sp³-hybridized carbons (Fsp3) is 0.160. The summed E-state index contributed by atoms with van der Waals surface area (Å²) in [6.07, 6.45) is 0.343. The lowest BCUT2D eigenvalue weighted by molar-refractivity contribution is 0.103. The van der Waals surface area contributed by atoms with Gasteiger partial charge in [0.15, 0.2) is 5.78 Å². The van der Waals surface area contributed by atoms with Crippen molar-refractivity contribution in [1.29, 1.82) is 0 Å². The second-order valence-electron chi connectivity index (χ2n) is 7.23. The van der Waals surface area contributed by atoms with Crippen LogP contribution >= 0.6 is 11.6 Å². The van der Waals surface area contributed by atoms with Gasteiger partial charge in [0.1, 0.15) is 11.9 Å². The Kier molecular flexibility index (Phi) is 5.06. The van der Waals surface area contributed by atoms with Crippen molar-refractivity contribution in [3.8, 4) is 0 Å². The van der Waals surface area contributed by atoms with E-state index in [-0.39, 0.29) is 11.9 Å². The second kappa shape index (κ2) is 7.65. The van der Waals surface area contributed by atoms with E-state index in [2.05, 4.69) is 0 Å². The molecule has 3 heteroatoms. The summed E-state index contributed by atoms with van der Waals surface area (Å²) < 4.78 is 6.31. The second-order valence-corrected chi connectivity index (χ2v) is 7.67. The van der Waals surface area contributed by atoms with Gasteiger partial charge < -0.3 is 4.74 Å². The number of aryl methyl sites for hydroxylation is 2. The van der Waals surface area contributed by atoms with Gasteiger partial charge in [-0.2, -0.15) is 0 Å². The molecule has 140 valence electrons. The summed E-state index contributed by atoms with van der Waals surface area (Å²) in [6, 6.07) is 23.4. The van der Waals surface area contributed by atoms with E-state index in [0.29, 0.717) is 28.3 Å². The predicted molar refractivity (Wildman–Crippen MR) is 114 cm³/mol. The number of hydrogen-bond acceptors (Lipinski definition) is 2. The van der Waals surface area contributed by atoms with Crippen LogP contribution in [0.25, 0.3) is 5.76 Å². The summed E-state index contributed by atoms with van der Waals surface area (Å²) in [5, 5.41) is 0.685. The number of rotatable bonds is 4. The van der Waals surface area contributed by atoms with Crippen LogP contribution < -0.4 is 0 Å². The van der Waals surface area contributed by atoms with E-state index in [1.54, 1.807) is 0 Å². The Labute approximate surface area is 170 Å². The normalized spacial score (nSPS) is 16.2. The van der Waals surface area contributed by atoms with Gasteiger partial charge in [0.05, 0.1) is 0 Å². The molecule has 1 atom stereocenters. The summed E-state index contributed by atoms with van der Waals surface area (Å²) in [5.41, 5.74) is 5.64. The Morgan fingerprint density at radius 2 is 1.43 bits per heavy atom. The minimum atomic E-state index is -0.196. The molecular formula is C25H21ClO2. The Morgan fingerprint density at radius 3 is 2.04 bits per heavy atom. The molecule has 3 aromatic rings. The molecule has 2 nitrogen and oxygen atoms in total. The van der Waals surface area contributed by atoms with Crippen LogP contribution in [-0.4, -0.2) is 5.78 Å².